The van der Waals surface area contributed by atoms with Gasteiger partial charge in [-0.3, -0.25) is 4.31 Å². The number of rotatable bonds is 4. The molecule has 2 rings (SSSR count). The van der Waals surface area contributed by atoms with Crippen LogP contribution in [0.2, 0.25) is 0 Å². The van der Waals surface area contributed by atoms with Crippen molar-refractivity contribution in [3.05, 3.63) is 53.6 Å². The molecule has 0 heterocycles. The van der Waals surface area contributed by atoms with E-state index in [1.54, 1.807) is 43.3 Å². The monoisotopic (exact) mass is 305 g/mol. The smallest absolute Gasteiger partial charge is 0.264 e. The molecule has 4 nitrogen and oxygen atoms in total. The van der Waals surface area contributed by atoms with E-state index in [1.807, 2.05) is 13.8 Å². The summed E-state index contributed by atoms with van der Waals surface area (Å²) in [5.74, 6) is 0.0492. The highest BCUT2D eigenvalue weighted by molar-refractivity contribution is 7.92. The number of phenols is 1. The second-order valence-electron chi connectivity index (χ2n) is 4.95. The lowest BCUT2D eigenvalue weighted by atomic mass is 10.2. The van der Waals surface area contributed by atoms with E-state index in [-0.39, 0.29) is 10.6 Å². The Balaban J connectivity index is 2.54. The van der Waals surface area contributed by atoms with Crippen LogP contribution in [0.4, 0.5) is 5.69 Å². The van der Waals surface area contributed by atoms with Gasteiger partial charge in [0, 0.05) is 12.6 Å². The number of hydrogen-bond donors (Lipinski definition) is 1. The summed E-state index contributed by atoms with van der Waals surface area (Å²) < 4.78 is 26.9. The zero-order valence-corrected chi connectivity index (χ0v) is 13.2. The van der Waals surface area contributed by atoms with Crippen LogP contribution < -0.4 is 4.31 Å². The van der Waals surface area contributed by atoms with Gasteiger partial charge in [0.25, 0.3) is 10.0 Å². The fraction of sp³-hybridized carbons (Fsp3) is 0.250. The van der Waals surface area contributed by atoms with Crippen molar-refractivity contribution in [2.24, 2.45) is 0 Å². The van der Waals surface area contributed by atoms with Gasteiger partial charge in [0.15, 0.2) is 0 Å². The van der Waals surface area contributed by atoms with E-state index in [9.17, 15) is 13.5 Å². The lowest BCUT2D eigenvalue weighted by Crippen LogP contribution is -2.31. The van der Waals surface area contributed by atoms with Crippen LogP contribution in [0, 0.1) is 13.8 Å². The summed E-state index contributed by atoms with van der Waals surface area (Å²) >= 11 is 0. The van der Waals surface area contributed by atoms with E-state index in [0.29, 0.717) is 12.2 Å². The first-order valence-electron chi connectivity index (χ1n) is 6.75. The molecule has 2 aromatic carbocycles. The lowest BCUT2D eigenvalue weighted by Gasteiger charge is -2.24. The minimum atomic E-state index is -3.64. The van der Waals surface area contributed by atoms with Crippen molar-refractivity contribution in [3.8, 4) is 5.75 Å². The number of sulfonamides is 1. The Morgan fingerprint density at radius 2 is 1.67 bits per heavy atom. The van der Waals surface area contributed by atoms with Crippen LogP contribution in [0.5, 0.6) is 5.75 Å². The minimum Gasteiger partial charge on any atom is -0.508 e. The van der Waals surface area contributed by atoms with Gasteiger partial charge in [0.2, 0.25) is 0 Å². The molecule has 0 aliphatic heterocycles. The highest BCUT2D eigenvalue weighted by Crippen LogP contribution is 2.29. The lowest BCUT2D eigenvalue weighted by molar-refractivity contribution is 0.475. The normalized spacial score (nSPS) is 11.4. The number of aryl methyl sites for hydroxylation is 2. The van der Waals surface area contributed by atoms with Crippen molar-refractivity contribution in [2.75, 3.05) is 10.8 Å². The molecule has 112 valence electrons. The predicted molar refractivity (Wildman–Crippen MR) is 84.2 cm³/mol. The Morgan fingerprint density at radius 1 is 1.05 bits per heavy atom. The van der Waals surface area contributed by atoms with E-state index in [1.165, 1.54) is 10.4 Å². The van der Waals surface area contributed by atoms with Gasteiger partial charge in [0.05, 0.1) is 10.6 Å². The molecule has 21 heavy (non-hydrogen) atoms. The fourth-order valence-electron chi connectivity index (χ4n) is 2.17. The minimum absolute atomic E-state index is 0.0492. The number of phenolic OH excluding ortho intramolecular Hbond substituents is 1. The maximum atomic E-state index is 12.8. The Bertz CT molecular complexity index is 737. The molecule has 0 bridgehead atoms. The molecule has 2 aromatic rings. The molecule has 0 saturated carbocycles. The molecule has 0 spiro atoms. The Hall–Kier alpha value is -2.01. The van der Waals surface area contributed by atoms with E-state index in [4.69, 9.17) is 0 Å². The molecule has 0 atom stereocenters. The van der Waals surface area contributed by atoms with E-state index in [2.05, 4.69) is 0 Å². The van der Waals surface area contributed by atoms with E-state index >= 15 is 0 Å². The van der Waals surface area contributed by atoms with E-state index < -0.39 is 10.0 Å². The molecule has 0 saturated heterocycles. The average Bonchev–Trinajstić information content (AvgIpc) is 2.43. The summed E-state index contributed by atoms with van der Waals surface area (Å²) in [6.45, 7) is 5.80. The van der Waals surface area contributed by atoms with Crippen LogP contribution in [0.1, 0.15) is 18.1 Å². The summed E-state index contributed by atoms with van der Waals surface area (Å²) in [7, 11) is -3.64. The van der Waals surface area contributed by atoms with Crippen LogP contribution in [-0.2, 0) is 10.0 Å². The molecule has 0 radical (unpaired) electrons. The maximum Gasteiger partial charge on any atom is 0.264 e. The zero-order valence-electron chi connectivity index (χ0n) is 12.4. The molecular formula is C16H19NO3S. The third kappa shape index (κ3) is 3.03. The number of anilines is 1. The van der Waals surface area contributed by atoms with Crippen molar-refractivity contribution in [1.82, 2.24) is 0 Å². The second-order valence-corrected chi connectivity index (χ2v) is 6.82. The zero-order chi connectivity index (χ0) is 15.6. The Morgan fingerprint density at radius 3 is 2.24 bits per heavy atom. The number of hydrogen-bond acceptors (Lipinski definition) is 3. The van der Waals surface area contributed by atoms with Gasteiger partial charge in [-0.25, -0.2) is 8.42 Å². The van der Waals surface area contributed by atoms with Crippen molar-refractivity contribution < 1.29 is 13.5 Å². The maximum absolute atomic E-state index is 12.8. The van der Waals surface area contributed by atoms with Gasteiger partial charge in [-0.1, -0.05) is 23.8 Å². The fourth-order valence-corrected chi connectivity index (χ4v) is 3.70. The van der Waals surface area contributed by atoms with Crippen molar-refractivity contribution in [1.29, 1.82) is 0 Å². The molecule has 1 N–H and O–H groups in total. The van der Waals surface area contributed by atoms with Gasteiger partial charge < -0.3 is 5.11 Å². The summed E-state index contributed by atoms with van der Waals surface area (Å²) in [5, 5.41) is 9.63. The average molecular weight is 305 g/mol. The van der Waals surface area contributed by atoms with Gasteiger partial charge >= 0.3 is 0 Å². The first kappa shape index (κ1) is 15.4. The predicted octanol–water partition coefficient (Wildman–Crippen LogP) is 3.22. The first-order chi connectivity index (χ1) is 9.86. The molecule has 0 aromatic heterocycles. The van der Waals surface area contributed by atoms with Crippen LogP contribution >= 0.6 is 0 Å². The summed E-state index contributed by atoms with van der Waals surface area (Å²) in [6, 6.07) is 11.5. The largest absolute Gasteiger partial charge is 0.508 e. The Kier molecular flexibility index (Phi) is 4.23. The topological polar surface area (TPSA) is 57.6 Å². The molecule has 0 aliphatic carbocycles. The van der Waals surface area contributed by atoms with Gasteiger partial charge in [0.1, 0.15) is 5.75 Å². The first-order valence-corrected chi connectivity index (χ1v) is 8.19. The van der Waals surface area contributed by atoms with E-state index in [0.717, 1.165) is 11.1 Å². The molecular weight excluding hydrogens is 286 g/mol. The van der Waals surface area contributed by atoms with Crippen LogP contribution in [-0.4, -0.2) is 20.1 Å². The van der Waals surface area contributed by atoms with Gasteiger partial charge in [-0.05, 0) is 44.5 Å². The number of aromatic hydroxyl groups is 1. The van der Waals surface area contributed by atoms with Crippen LogP contribution in [0.3, 0.4) is 0 Å². The van der Waals surface area contributed by atoms with Gasteiger partial charge in [-0.15, -0.1) is 0 Å². The molecule has 5 heteroatoms. The Labute approximate surface area is 125 Å². The number of benzene rings is 2. The standard InChI is InChI=1S/C16H19NO3S/c1-4-17(16-11-14(18)8-7-13(16)3)21(19,20)15-9-5-12(2)6-10-15/h5-11,18H,4H2,1-3H3. The van der Waals surface area contributed by atoms with Gasteiger partial charge in [-0.2, -0.15) is 0 Å². The SMILES string of the molecule is CCN(c1cc(O)ccc1C)S(=O)(=O)c1ccc(C)cc1. The summed E-state index contributed by atoms with van der Waals surface area (Å²) in [4.78, 5) is 0.248. The van der Waals surface area contributed by atoms with Crippen LogP contribution in [0.15, 0.2) is 47.4 Å². The second kappa shape index (κ2) is 5.77. The molecule has 0 fully saturated rings. The molecule has 0 amide bonds. The summed E-state index contributed by atoms with van der Waals surface area (Å²) in [5.41, 5.74) is 2.30. The third-order valence-corrected chi connectivity index (χ3v) is 5.26. The quantitative estimate of drug-likeness (QED) is 0.943. The highest BCUT2D eigenvalue weighted by atomic mass is 32.2. The summed E-state index contributed by atoms with van der Waals surface area (Å²) in [6.07, 6.45) is 0. The van der Waals surface area contributed by atoms with Crippen LogP contribution in [0.25, 0.3) is 0 Å². The van der Waals surface area contributed by atoms with Crippen molar-refractivity contribution in [2.45, 2.75) is 25.7 Å². The third-order valence-electron chi connectivity index (χ3n) is 3.36. The van der Waals surface area contributed by atoms with Crippen molar-refractivity contribution in [3.63, 3.8) is 0 Å². The number of nitrogens with zero attached hydrogens (tertiary/aromatic N) is 1. The molecule has 0 unspecified atom stereocenters. The highest BCUT2D eigenvalue weighted by Gasteiger charge is 2.24. The van der Waals surface area contributed by atoms with Crippen molar-refractivity contribution >= 4 is 15.7 Å². The molecule has 0 aliphatic rings.